The molecule has 166 valence electrons. The molecule has 2 aromatic rings. The van der Waals surface area contributed by atoms with E-state index in [1.165, 1.54) is 11.0 Å². The predicted molar refractivity (Wildman–Crippen MR) is 127 cm³/mol. The van der Waals surface area contributed by atoms with E-state index in [0.717, 1.165) is 16.9 Å². The second-order valence-corrected chi connectivity index (χ2v) is 12.8. The highest BCUT2D eigenvalue weighted by Gasteiger charge is 2.36. The first kappa shape index (κ1) is 22.9. The van der Waals surface area contributed by atoms with Crippen LogP contribution in [0.25, 0.3) is 6.08 Å². The molecule has 0 aromatic heterocycles. The van der Waals surface area contributed by atoms with Gasteiger partial charge in [0.25, 0.3) is 5.91 Å². The molecule has 3 rings (SSSR count). The zero-order valence-corrected chi connectivity index (χ0v) is 19.6. The van der Waals surface area contributed by atoms with E-state index in [-0.39, 0.29) is 23.3 Å². The molecule has 0 N–H and O–H groups in total. The molecule has 1 fully saturated rings. The average molecular weight is 442 g/mol. The standard InChI is InChI=1S/C25H31NO4S/c1-25(2,3)31(4,5)30-22-14-11-19(12-15-22)13-16-23(27)26-21(18-29-24(26)28)17-20-9-7-6-8-10-20/h6-16,21H,17-18H2,1-5H3/b16-13+/t21-/m0/s1. The van der Waals surface area contributed by atoms with E-state index in [0.29, 0.717) is 6.42 Å². The minimum Gasteiger partial charge on any atom is -0.449 e. The summed E-state index contributed by atoms with van der Waals surface area (Å²) in [5.74, 6) is 0.437. The third-order valence-corrected chi connectivity index (χ3v) is 9.15. The molecule has 1 aliphatic heterocycles. The van der Waals surface area contributed by atoms with Crippen LogP contribution in [0.1, 0.15) is 31.9 Å². The second-order valence-electron chi connectivity index (χ2n) is 8.96. The lowest BCUT2D eigenvalue weighted by Gasteiger charge is -2.43. The molecule has 0 unspecified atom stereocenters. The Hall–Kier alpha value is -2.73. The summed E-state index contributed by atoms with van der Waals surface area (Å²) in [6.07, 6.45) is 7.42. The van der Waals surface area contributed by atoms with E-state index in [4.69, 9.17) is 8.92 Å². The van der Waals surface area contributed by atoms with Crippen molar-refractivity contribution in [2.24, 2.45) is 0 Å². The number of benzene rings is 2. The van der Waals surface area contributed by atoms with Crippen LogP contribution in [-0.4, -0.2) is 46.8 Å². The number of cyclic esters (lactones) is 1. The van der Waals surface area contributed by atoms with Gasteiger partial charge in [-0.1, -0.05) is 52.8 Å². The number of hydrogen-bond acceptors (Lipinski definition) is 4. The van der Waals surface area contributed by atoms with Gasteiger partial charge in [-0.3, -0.25) is 4.79 Å². The van der Waals surface area contributed by atoms with Crippen LogP contribution < -0.4 is 4.18 Å². The lowest BCUT2D eigenvalue weighted by atomic mass is 10.1. The Bertz CT molecular complexity index is 946. The van der Waals surface area contributed by atoms with Crippen LogP contribution in [0, 0.1) is 0 Å². The fourth-order valence-electron chi connectivity index (χ4n) is 3.01. The lowest BCUT2D eigenvalue weighted by molar-refractivity contribution is -0.124. The van der Waals surface area contributed by atoms with Crippen molar-refractivity contribution in [3.05, 3.63) is 71.8 Å². The van der Waals surface area contributed by atoms with Gasteiger partial charge >= 0.3 is 6.09 Å². The summed E-state index contributed by atoms with van der Waals surface area (Å²) in [7, 11) is -1.27. The van der Waals surface area contributed by atoms with Crippen molar-refractivity contribution in [3.8, 4) is 5.75 Å². The van der Waals surface area contributed by atoms with Crippen molar-refractivity contribution in [2.45, 2.75) is 38.0 Å². The van der Waals surface area contributed by atoms with Gasteiger partial charge in [-0.15, -0.1) is 0 Å². The number of ether oxygens (including phenoxy) is 1. The third-order valence-electron chi connectivity index (χ3n) is 5.59. The molecular formula is C25H31NO4S. The van der Waals surface area contributed by atoms with Crippen LogP contribution in [0.3, 0.4) is 0 Å². The maximum absolute atomic E-state index is 12.7. The van der Waals surface area contributed by atoms with Gasteiger partial charge < -0.3 is 8.92 Å². The number of carbonyl (C=O) groups is 2. The highest BCUT2D eigenvalue weighted by Crippen LogP contribution is 2.53. The maximum Gasteiger partial charge on any atom is 0.417 e. The molecule has 0 aliphatic carbocycles. The normalized spacial score (nSPS) is 17.6. The summed E-state index contributed by atoms with van der Waals surface area (Å²) in [4.78, 5) is 26.0. The van der Waals surface area contributed by atoms with Gasteiger partial charge in [-0.05, 0) is 69.0 Å². The van der Waals surface area contributed by atoms with Crippen molar-refractivity contribution in [1.29, 1.82) is 0 Å². The SMILES string of the molecule is CC(C)(C)S(C)(C)Oc1ccc(/C=C/C(=O)N2C(=O)OC[C@@H]2Cc2ccccc2)cc1. The van der Waals surface area contributed by atoms with Gasteiger partial charge in [0, 0.05) is 10.8 Å². The molecule has 31 heavy (non-hydrogen) atoms. The minimum atomic E-state index is -1.27. The molecule has 0 bridgehead atoms. The molecule has 0 saturated carbocycles. The summed E-state index contributed by atoms with van der Waals surface area (Å²) >= 11 is 0. The van der Waals surface area contributed by atoms with E-state index in [2.05, 4.69) is 33.3 Å². The summed E-state index contributed by atoms with van der Waals surface area (Å²) in [5.41, 5.74) is 1.92. The summed E-state index contributed by atoms with van der Waals surface area (Å²) < 4.78 is 11.4. The van der Waals surface area contributed by atoms with Crippen LogP contribution >= 0.6 is 10.3 Å². The van der Waals surface area contributed by atoms with E-state index in [1.54, 1.807) is 6.08 Å². The number of carbonyl (C=O) groups excluding carboxylic acids is 2. The Morgan fingerprint density at radius 2 is 1.77 bits per heavy atom. The fourth-order valence-corrected chi connectivity index (χ4v) is 3.86. The van der Waals surface area contributed by atoms with E-state index in [1.807, 2.05) is 54.6 Å². The van der Waals surface area contributed by atoms with Crippen LogP contribution in [-0.2, 0) is 16.0 Å². The average Bonchev–Trinajstić information content (AvgIpc) is 3.07. The van der Waals surface area contributed by atoms with Crippen molar-refractivity contribution < 1.29 is 18.5 Å². The number of imide groups is 1. The summed E-state index contributed by atoms with van der Waals surface area (Å²) in [5, 5.41) is 0. The maximum atomic E-state index is 12.7. The highest BCUT2D eigenvalue weighted by atomic mass is 32.3. The molecule has 2 aromatic carbocycles. The smallest absolute Gasteiger partial charge is 0.417 e. The van der Waals surface area contributed by atoms with Gasteiger partial charge in [-0.2, -0.15) is 0 Å². The van der Waals surface area contributed by atoms with E-state index in [9.17, 15) is 9.59 Å². The topological polar surface area (TPSA) is 55.8 Å². The Balaban J connectivity index is 1.65. The Labute approximate surface area is 186 Å². The van der Waals surface area contributed by atoms with Gasteiger partial charge in [-0.25, -0.2) is 9.69 Å². The molecule has 2 amide bonds. The van der Waals surface area contributed by atoms with Crippen LogP contribution in [0.2, 0.25) is 0 Å². The number of nitrogens with zero attached hydrogens (tertiary/aromatic N) is 1. The highest BCUT2D eigenvalue weighted by molar-refractivity contribution is 8.30. The minimum absolute atomic E-state index is 0.0681. The molecule has 1 heterocycles. The zero-order valence-electron chi connectivity index (χ0n) is 18.8. The molecular weight excluding hydrogens is 410 g/mol. The van der Waals surface area contributed by atoms with Gasteiger partial charge in [0.2, 0.25) is 0 Å². The molecule has 5 nitrogen and oxygen atoms in total. The van der Waals surface area contributed by atoms with Crippen molar-refractivity contribution in [2.75, 3.05) is 19.1 Å². The summed E-state index contributed by atoms with van der Waals surface area (Å²) in [6.45, 7) is 6.75. The van der Waals surface area contributed by atoms with Crippen molar-refractivity contribution >= 4 is 28.4 Å². The van der Waals surface area contributed by atoms with Crippen LogP contribution in [0.5, 0.6) is 5.75 Å². The molecule has 0 spiro atoms. The molecule has 6 heteroatoms. The number of hydrogen-bond donors (Lipinski definition) is 0. The van der Waals surface area contributed by atoms with Gasteiger partial charge in [0.05, 0.1) is 6.04 Å². The van der Waals surface area contributed by atoms with Gasteiger partial charge in [0.1, 0.15) is 12.4 Å². The predicted octanol–water partition coefficient (Wildman–Crippen LogP) is 5.45. The first-order chi connectivity index (χ1) is 14.6. The lowest BCUT2D eigenvalue weighted by Crippen LogP contribution is -2.39. The molecule has 1 atom stereocenters. The van der Waals surface area contributed by atoms with Crippen molar-refractivity contribution in [3.63, 3.8) is 0 Å². The quantitative estimate of drug-likeness (QED) is 0.560. The number of amides is 2. The second kappa shape index (κ2) is 9.18. The van der Waals surface area contributed by atoms with Crippen molar-refractivity contribution in [1.82, 2.24) is 4.90 Å². The van der Waals surface area contributed by atoms with Crippen LogP contribution in [0.4, 0.5) is 4.79 Å². The largest absolute Gasteiger partial charge is 0.449 e. The number of rotatable bonds is 6. The van der Waals surface area contributed by atoms with Crippen LogP contribution in [0.15, 0.2) is 60.7 Å². The Morgan fingerprint density at radius 1 is 1.13 bits per heavy atom. The van der Waals surface area contributed by atoms with Gasteiger partial charge in [0.15, 0.2) is 0 Å². The molecule has 1 saturated heterocycles. The molecule has 1 aliphatic rings. The first-order valence-electron chi connectivity index (χ1n) is 10.3. The zero-order chi connectivity index (χ0) is 22.6. The Morgan fingerprint density at radius 3 is 2.39 bits per heavy atom. The van der Waals surface area contributed by atoms with E-state index >= 15 is 0 Å². The molecule has 0 radical (unpaired) electrons. The Kier molecular flexibility index (Phi) is 6.80. The summed E-state index contributed by atoms with van der Waals surface area (Å²) in [6, 6.07) is 17.1. The third kappa shape index (κ3) is 5.70. The fraction of sp³-hybridized carbons (Fsp3) is 0.360. The van der Waals surface area contributed by atoms with E-state index < -0.39 is 16.4 Å². The first-order valence-corrected chi connectivity index (χ1v) is 12.7. The monoisotopic (exact) mass is 441 g/mol.